The molecule has 1 atom stereocenters. The van der Waals surface area contributed by atoms with Crippen molar-refractivity contribution >= 4 is 11.8 Å². The lowest BCUT2D eigenvalue weighted by atomic mass is 10.0. The van der Waals surface area contributed by atoms with E-state index >= 15 is 0 Å². The molecule has 4 nitrogen and oxygen atoms in total. The van der Waals surface area contributed by atoms with Crippen molar-refractivity contribution in [2.45, 2.75) is 32.2 Å². The van der Waals surface area contributed by atoms with Crippen LogP contribution in [0.15, 0.2) is 48.5 Å². The number of likely N-dealkylation sites (tertiary alicyclic amines) is 1. The molecule has 0 bridgehead atoms. The van der Waals surface area contributed by atoms with Gasteiger partial charge in [-0.25, -0.2) is 4.39 Å². The van der Waals surface area contributed by atoms with Crippen LogP contribution in [0.5, 0.6) is 0 Å². The second-order valence-electron chi connectivity index (χ2n) is 6.71. The fraction of sp³-hybridized carbons (Fsp3) is 0.333. The maximum absolute atomic E-state index is 13.5. The van der Waals surface area contributed by atoms with E-state index in [9.17, 15) is 14.0 Å². The third-order valence-electron chi connectivity index (χ3n) is 4.72. The van der Waals surface area contributed by atoms with Gasteiger partial charge >= 0.3 is 0 Å². The standard InChI is InChI=1S/C21H23FN2O2/c1-15-13-17(9-10-18(15)22)20(25)23-19(14-16-7-3-2-4-8-16)21(26)24-11-5-6-12-24/h2-4,7-10,13,19H,5-6,11-12,14H2,1H3,(H,23,25). The quantitative estimate of drug-likeness (QED) is 0.897. The fourth-order valence-electron chi connectivity index (χ4n) is 3.24. The number of amides is 2. The largest absolute Gasteiger partial charge is 0.341 e. The fourth-order valence-corrected chi connectivity index (χ4v) is 3.24. The van der Waals surface area contributed by atoms with E-state index in [-0.39, 0.29) is 17.6 Å². The van der Waals surface area contributed by atoms with Crippen molar-refractivity contribution in [2.75, 3.05) is 13.1 Å². The molecule has 3 rings (SSSR count). The minimum atomic E-state index is -0.631. The molecule has 1 aliphatic rings. The predicted molar refractivity (Wildman–Crippen MR) is 98.4 cm³/mol. The average molecular weight is 354 g/mol. The zero-order valence-electron chi connectivity index (χ0n) is 14.9. The number of hydrogen-bond acceptors (Lipinski definition) is 2. The molecule has 1 N–H and O–H groups in total. The van der Waals surface area contributed by atoms with Crippen molar-refractivity contribution in [3.8, 4) is 0 Å². The maximum Gasteiger partial charge on any atom is 0.251 e. The molecule has 1 aliphatic heterocycles. The lowest BCUT2D eigenvalue weighted by Crippen LogP contribution is -2.49. The van der Waals surface area contributed by atoms with Crippen LogP contribution >= 0.6 is 0 Å². The predicted octanol–water partition coefficient (Wildman–Crippen LogP) is 3.10. The van der Waals surface area contributed by atoms with Crippen LogP contribution in [0.4, 0.5) is 4.39 Å². The van der Waals surface area contributed by atoms with Gasteiger partial charge in [0, 0.05) is 25.1 Å². The minimum Gasteiger partial charge on any atom is -0.341 e. The topological polar surface area (TPSA) is 49.4 Å². The lowest BCUT2D eigenvalue weighted by molar-refractivity contribution is -0.132. The first-order chi connectivity index (χ1) is 12.5. The third kappa shape index (κ3) is 4.28. The normalized spacial score (nSPS) is 14.9. The Kier molecular flexibility index (Phi) is 5.66. The van der Waals surface area contributed by atoms with E-state index in [4.69, 9.17) is 0 Å². The van der Waals surface area contributed by atoms with Gasteiger partial charge in [0.15, 0.2) is 0 Å². The molecule has 0 radical (unpaired) electrons. The van der Waals surface area contributed by atoms with Crippen molar-refractivity contribution in [2.24, 2.45) is 0 Å². The third-order valence-corrected chi connectivity index (χ3v) is 4.72. The van der Waals surface area contributed by atoms with Crippen LogP contribution in [-0.2, 0) is 11.2 Å². The molecule has 26 heavy (non-hydrogen) atoms. The maximum atomic E-state index is 13.5. The van der Waals surface area contributed by atoms with Crippen LogP contribution in [0.1, 0.15) is 34.3 Å². The van der Waals surface area contributed by atoms with E-state index in [1.54, 1.807) is 6.92 Å². The van der Waals surface area contributed by atoms with Crippen LogP contribution in [0.3, 0.4) is 0 Å². The number of halogens is 1. The van der Waals surface area contributed by atoms with E-state index in [0.717, 1.165) is 31.5 Å². The number of benzene rings is 2. The van der Waals surface area contributed by atoms with Crippen molar-refractivity contribution in [3.05, 3.63) is 71.0 Å². The number of rotatable bonds is 5. The summed E-state index contributed by atoms with van der Waals surface area (Å²) in [5, 5.41) is 2.85. The Labute approximate surface area is 153 Å². The van der Waals surface area contributed by atoms with Gasteiger partial charge in [0.1, 0.15) is 11.9 Å². The number of aryl methyl sites for hydroxylation is 1. The van der Waals surface area contributed by atoms with Crippen LogP contribution in [0.25, 0.3) is 0 Å². The molecule has 1 heterocycles. The molecule has 1 fully saturated rings. The van der Waals surface area contributed by atoms with Gasteiger partial charge in [0.2, 0.25) is 5.91 Å². The second kappa shape index (κ2) is 8.13. The number of nitrogens with zero attached hydrogens (tertiary/aromatic N) is 1. The first-order valence-corrected chi connectivity index (χ1v) is 8.94. The van der Waals surface area contributed by atoms with E-state index in [0.29, 0.717) is 17.5 Å². The zero-order valence-corrected chi connectivity index (χ0v) is 14.9. The highest BCUT2D eigenvalue weighted by Crippen LogP contribution is 2.14. The van der Waals surface area contributed by atoms with E-state index in [1.165, 1.54) is 18.2 Å². The molecular formula is C21H23FN2O2. The number of carbonyl (C=O) groups excluding carboxylic acids is 2. The molecule has 5 heteroatoms. The molecule has 0 spiro atoms. The van der Waals surface area contributed by atoms with Crippen molar-refractivity contribution in [1.29, 1.82) is 0 Å². The molecule has 1 unspecified atom stereocenters. The Morgan fingerprint density at radius 1 is 1.12 bits per heavy atom. The van der Waals surface area contributed by atoms with Gasteiger partial charge in [-0.1, -0.05) is 30.3 Å². The van der Waals surface area contributed by atoms with Crippen LogP contribution in [-0.4, -0.2) is 35.8 Å². The first-order valence-electron chi connectivity index (χ1n) is 8.94. The van der Waals surface area contributed by atoms with Crippen molar-refractivity contribution < 1.29 is 14.0 Å². The molecule has 2 aromatic rings. The van der Waals surface area contributed by atoms with Crippen LogP contribution < -0.4 is 5.32 Å². The van der Waals surface area contributed by atoms with Gasteiger partial charge in [-0.05, 0) is 49.1 Å². The van der Waals surface area contributed by atoms with Gasteiger partial charge in [0.05, 0.1) is 0 Å². The summed E-state index contributed by atoms with van der Waals surface area (Å²) in [5.74, 6) is -0.768. The molecule has 136 valence electrons. The SMILES string of the molecule is Cc1cc(C(=O)NC(Cc2ccccc2)C(=O)N2CCCC2)ccc1F. The van der Waals surface area contributed by atoms with Gasteiger partial charge < -0.3 is 10.2 Å². The lowest BCUT2D eigenvalue weighted by Gasteiger charge is -2.24. The summed E-state index contributed by atoms with van der Waals surface area (Å²) in [5.41, 5.74) is 1.75. The number of carbonyl (C=O) groups is 2. The Morgan fingerprint density at radius 3 is 2.46 bits per heavy atom. The van der Waals surface area contributed by atoms with Crippen LogP contribution in [0, 0.1) is 12.7 Å². The highest BCUT2D eigenvalue weighted by atomic mass is 19.1. The monoisotopic (exact) mass is 354 g/mol. The number of hydrogen-bond donors (Lipinski definition) is 1. The molecule has 0 saturated carbocycles. The summed E-state index contributed by atoms with van der Waals surface area (Å²) in [4.78, 5) is 27.3. The minimum absolute atomic E-state index is 0.0569. The van der Waals surface area contributed by atoms with Gasteiger partial charge in [0.25, 0.3) is 5.91 Å². The van der Waals surface area contributed by atoms with E-state index < -0.39 is 6.04 Å². The smallest absolute Gasteiger partial charge is 0.251 e. The first kappa shape index (κ1) is 18.1. The molecular weight excluding hydrogens is 331 g/mol. The van der Waals surface area contributed by atoms with E-state index in [2.05, 4.69) is 5.32 Å². The molecule has 2 aromatic carbocycles. The van der Waals surface area contributed by atoms with Crippen LogP contribution in [0.2, 0.25) is 0 Å². The molecule has 1 saturated heterocycles. The zero-order chi connectivity index (χ0) is 18.5. The number of nitrogens with one attached hydrogen (secondary N) is 1. The summed E-state index contributed by atoms with van der Waals surface area (Å²) in [6.45, 7) is 3.08. The Morgan fingerprint density at radius 2 is 1.81 bits per heavy atom. The summed E-state index contributed by atoms with van der Waals surface area (Å²) >= 11 is 0. The Hall–Kier alpha value is -2.69. The molecule has 2 amide bonds. The average Bonchev–Trinajstić information content (AvgIpc) is 3.18. The Bertz CT molecular complexity index is 786. The highest BCUT2D eigenvalue weighted by Gasteiger charge is 2.28. The van der Waals surface area contributed by atoms with Crippen molar-refractivity contribution in [1.82, 2.24) is 10.2 Å². The molecule has 0 aliphatic carbocycles. The van der Waals surface area contributed by atoms with Gasteiger partial charge in [-0.15, -0.1) is 0 Å². The summed E-state index contributed by atoms with van der Waals surface area (Å²) < 4.78 is 13.5. The molecule has 0 aromatic heterocycles. The van der Waals surface area contributed by atoms with Gasteiger partial charge in [-0.2, -0.15) is 0 Å². The summed E-state index contributed by atoms with van der Waals surface area (Å²) in [7, 11) is 0. The Balaban J connectivity index is 1.78. The summed E-state index contributed by atoms with van der Waals surface area (Å²) in [6, 6.07) is 13.2. The highest BCUT2D eigenvalue weighted by molar-refractivity contribution is 5.97. The second-order valence-corrected chi connectivity index (χ2v) is 6.71. The summed E-state index contributed by atoms with van der Waals surface area (Å²) in [6.07, 6.45) is 2.42. The van der Waals surface area contributed by atoms with Gasteiger partial charge in [-0.3, -0.25) is 9.59 Å². The van der Waals surface area contributed by atoms with E-state index in [1.807, 2.05) is 35.2 Å². The van der Waals surface area contributed by atoms with Crippen molar-refractivity contribution in [3.63, 3.8) is 0 Å².